The van der Waals surface area contributed by atoms with E-state index in [0.29, 0.717) is 22.4 Å². The number of halogens is 2. The first-order valence-electron chi connectivity index (χ1n) is 4.90. The largest absolute Gasteiger partial charge is 0.382 e. The van der Waals surface area contributed by atoms with Crippen molar-refractivity contribution in [2.75, 3.05) is 11.1 Å². The Morgan fingerprint density at radius 3 is 2.82 bits per heavy atom. The van der Waals surface area contributed by atoms with Crippen molar-refractivity contribution < 1.29 is 0 Å². The minimum atomic E-state index is 0.250. The van der Waals surface area contributed by atoms with Crippen molar-refractivity contribution in [3.05, 3.63) is 34.1 Å². The monoisotopic (exact) mass is 271 g/mol. The maximum absolute atomic E-state index is 5.98. The van der Waals surface area contributed by atoms with Crippen LogP contribution < -0.4 is 11.1 Å². The van der Waals surface area contributed by atoms with E-state index in [1.807, 2.05) is 19.3 Å². The van der Waals surface area contributed by atoms with Gasteiger partial charge in [0.05, 0.1) is 22.3 Å². The Labute approximate surface area is 109 Å². The first-order chi connectivity index (χ1) is 8.06. The molecule has 0 saturated heterocycles. The highest BCUT2D eigenvalue weighted by atomic mass is 35.5. The fraction of sp³-hybridized carbons (Fsp3) is 0.200. The number of nitrogens with zero attached hydrogens (tertiary/aromatic N) is 3. The lowest BCUT2D eigenvalue weighted by atomic mass is 10.4. The molecule has 0 bridgehead atoms. The highest BCUT2D eigenvalue weighted by Crippen LogP contribution is 2.27. The summed E-state index contributed by atoms with van der Waals surface area (Å²) in [6.45, 7) is 0.522. The number of nitrogens with one attached hydrogen (secondary N) is 1. The Morgan fingerprint density at radius 1 is 1.41 bits per heavy atom. The standard InChI is InChI=1S/C10H11Cl2N5/c1-17-3-2-6(16-17)5-14-10-8(12)4-7(11)9(13)15-10/h2-4H,5H2,1H3,(H3,13,14,15). The Morgan fingerprint density at radius 2 is 2.18 bits per heavy atom. The van der Waals surface area contributed by atoms with Gasteiger partial charge in [0.15, 0.2) is 0 Å². The minimum Gasteiger partial charge on any atom is -0.382 e. The van der Waals surface area contributed by atoms with Gasteiger partial charge in [0.2, 0.25) is 0 Å². The number of aryl methyl sites for hydroxylation is 1. The first kappa shape index (κ1) is 12.0. The highest BCUT2D eigenvalue weighted by Gasteiger charge is 2.07. The second-order valence-electron chi connectivity index (χ2n) is 3.52. The maximum atomic E-state index is 5.98. The lowest BCUT2D eigenvalue weighted by Crippen LogP contribution is -2.05. The number of aromatic nitrogens is 3. The van der Waals surface area contributed by atoms with Crippen molar-refractivity contribution in [2.45, 2.75) is 6.54 Å². The summed E-state index contributed by atoms with van der Waals surface area (Å²) in [7, 11) is 1.86. The smallest absolute Gasteiger partial charge is 0.147 e. The Hall–Kier alpha value is -1.46. The molecule has 0 aliphatic heterocycles. The van der Waals surface area contributed by atoms with Crippen LogP contribution in [-0.2, 0) is 13.6 Å². The fourth-order valence-corrected chi connectivity index (χ4v) is 1.76. The zero-order valence-corrected chi connectivity index (χ0v) is 10.6. The molecule has 0 atom stereocenters. The van der Waals surface area contributed by atoms with Crippen molar-refractivity contribution in [2.24, 2.45) is 7.05 Å². The molecule has 2 aromatic rings. The quantitative estimate of drug-likeness (QED) is 0.899. The molecule has 7 heteroatoms. The summed E-state index contributed by atoms with van der Waals surface area (Å²) in [4.78, 5) is 4.06. The van der Waals surface area contributed by atoms with Crippen LogP contribution in [0.4, 0.5) is 11.6 Å². The molecule has 2 rings (SSSR count). The summed E-state index contributed by atoms with van der Waals surface area (Å²) >= 11 is 11.8. The molecule has 0 aliphatic rings. The molecule has 0 aromatic carbocycles. The molecule has 0 unspecified atom stereocenters. The molecule has 2 heterocycles. The fourth-order valence-electron chi connectivity index (χ4n) is 1.34. The molecular weight excluding hydrogens is 261 g/mol. The van der Waals surface area contributed by atoms with Crippen LogP contribution in [0, 0.1) is 0 Å². The SMILES string of the molecule is Cn1ccc(CNc2nc(N)c(Cl)cc2Cl)n1. The third kappa shape index (κ3) is 2.81. The Balaban J connectivity index is 2.11. The zero-order chi connectivity index (χ0) is 12.4. The normalized spacial score (nSPS) is 10.5. The third-order valence-electron chi connectivity index (χ3n) is 2.16. The molecule has 90 valence electrons. The van der Waals surface area contributed by atoms with Crippen LogP contribution in [0.25, 0.3) is 0 Å². The number of hydrogen-bond donors (Lipinski definition) is 2. The number of nitrogen functional groups attached to an aromatic ring is 1. The second kappa shape index (κ2) is 4.81. The molecular formula is C10H11Cl2N5. The molecule has 0 radical (unpaired) electrons. The average molecular weight is 272 g/mol. The summed E-state index contributed by atoms with van der Waals surface area (Å²) in [5.74, 6) is 0.749. The first-order valence-corrected chi connectivity index (χ1v) is 5.66. The highest BCUT2D eigenvalue weighted by molar-refractivity contribution is 6.37. The predicted molar refractivity (Wildman–Crippen MR) is 69.2 cm³/mol. The summed E-state index contributed by atoms with van der Waals surface area (Å²) in [6.07, 6.45) is 1.86. The molecule has 2 aromatic heterocycles. The van der Waals surface area contributed by atoms with E-state index in [-0.39, 0.29) is 5.82 Å². The van der Waals surface area contributed by atoms with Gasteiger partial charge in [-0.25, -0.2) is 4.98 Å². The van der Waals surface area contributed by atoms with Crippen LogP contribution in [0.15, 0.2) is 18.3 Å². The summed E-state index contributed by atoms with van der Waals surface area (Å²) in [5.41, 5.74) is 6.49. The van der Waals surface area contributed by atoms with Crippen molar-refractivity contribution in [3.8, 4) is 0 Å². The Bertz CT molecular complexity index is 537. The van der Waals surface area contributed by atoms with Gasteiger partial charge in [-0.1, -0.05) is 23.2 Å². The van der Waals surface area contributed by atoms with Gasteiger partial charge < -0.3 is 11.1 Å². The van der Waals surface area contributed by atoms with Gasteiger partial charge in [-0.15, -0.1) is 0 Å². The molecule has 0 saturated carbocycles. The number of anilines is 2. The summed E-state index contributed by atoms with van der Waals surface area (Å²) in [5, 5.41) is 8.05. The number of rotatable bonds is 3. The van der Waals surface area contributed by atoms with E-state index < -0.39 is 0 Å². The van der Waals surface area contributed by atoms with Gasteiger partial charge in [0.25, 0.3) is 0 Å². The van der Waals surface area contributed by atoms with Crippen LogP contribution in [-0.4, -0.2) is 14.8 Å². The lowest BCUT2D eigenvalue weighted by molar-refractivity contribution is 0.747. The zero-order valence-electron chi connectivity index (χ0n) is 9.11. The van der Waals surface area contributed by atoms with E-state index >= 15 is 0 Å². The van der Waals surface area contributed by atoms with Crippen molar-refractivity contribution in [1.29, 1.82) is 0 Å². The van der Waals surface area contributed by atoms with E-state index in [9.17, 15) is 0 Å². The van der Waals surface area contributed by atoms with E-state index in [2.05, 4.69) is 15.4 Å². The van der Waals surface area contributed by atoms with Crippen LogP contribution in [0.1, 0.15) is 5.69 Å². The van der Waals surface area contributed by atoms with E-state index in [1.54, 1.807) is 10.7 Å². The topological polar surface area (TPSA) is 68.8 Å². The lowest BCUT2D eigenvalue weighted by Gasteiger charge is -2.07. The predicted octanol–water partition coefficient (Wildman–Crippen LogP) is 2.32. The summed E-state index contributed by atoms with van der Waals surface area (Å²) < 4.78 is 1.72. The number of hydrogen-bond acceptors (Lipinski definition) is 4. The van der Waals surface area contributed by atoms with Gasteiger partial charge in [0, 0.05) is 13.2 Å². The minimum absolute atomic E-state index is 0.250. The molecule has 0 spiro atoms. The number of pyridine rings is 1. The van der Waals surface area contributed by atoms with Gasteiger partial charge in [-0.2, -0.15) is 5.10 Å². The third-order valence-corrected chi connectivity index (χ3v) is 2.75. The molecule has 0 amide bonds. The van der Waals surface area contributed by atoms with Crippen molar-refractivity contribution >= 4 is 34.8 Å². The van der Waals surface area contributed by atoms with Crippen molar-refractivity contribution in [1.82, 2.24) is 14.8 Å². The molecule has 3 N–H and O–H groups in total. The van der Waals surface area contributed by atoms with Crippen molar-refractivity contribution in [3.63, 3.8) is 0 Å². The maximum Gasteiger partial charge on any atom is 0.147 e. The number of nitrogens with two attached hydrogens (primary N) is 1. The van der Waals surface area contributed by atoms with Crippen LogP contribution >= 0.6 is 23.2 Å². The van der Waals surface area contributed by atoms with E-state index in [0.717, 1.165) is 5.69 Å². The van der Waals surface area contributed by atoms with Crippen LogP contribution in [0.3, 0.4) is 0 Å². The van der Waals surface area contributed by atoms with Crippen LogP contribution in [0.2, 0.25) is 10.0 Å². The Kier molecular flexibility index (Phi) is 3.40. The molecule has 0 aliphatic carbocycles. The molecule has 17 heavy (non-hydrogen) atoms. The van der Waals surface area contributed by atoms with E-state index in [1.165, 1.54) is 0 Å². The van der Waals surface area contributed by atoms with Gasteiger partial charge in [-0.3, -0.25) is 4.68 Å². The molecule has 5 nitrogen and oxygen atoms in total. The van der Waals surface area contributed by atoms with Gasteiger partial charge in [-0.05, 0) is 12.1 Å². The summed E-state index contributed by atoms with van der Waals surface area (Å²) in [6, 6.07) is 3.46. The second-order valence-corrected chi connectivity index (χ2v) is 4.33. The van der Waals surface area contributed by atoms with Gasteiger partial charge in [0.1, 0.15) is 11.6 Å². The van der Waals surface area contributed by atoms with Crippen LogP contribution in [0.5, 0.6) is 0 Å². The van der Waals surface area contributed by atoms with E-state index in [4.69, 9.17) is 28.9 Å². The van der Waals surface area contributed by atoms with Gasteiger partial charge >= 0.3 is 0 Å². The molecule has 0 fully saturated rings. The average Bonchev–Trinajstić information content (AvgIpc) is 2.68.